The summed E-state index contributed by atoms with van der Waals surface area (Å²) in [5.74, 6) is 0.576. The number of nitrogens with zero attached hydrogens (tertiary/aromatic N) is 3. The summed E-state index contributed by atoms with van der Waals surface area (Å²) in [6.45, 7) is 5.10. The highest BCUT2D eigenvalue weighted by Crippen LogP contribution is 1.95. The van der Waals surface area contributed by atoms with E-state index in [0.29, 0.717) is 19.0 Å². The van der Waals surface area contributed by atoms with Crippen LogP contribution in [-0.2, 0) is 17.9 Å². The summed E-state index contributed by atoms with van der Waals surface area (Å²) in [5.41, 5.74) is 0. The highest BCUT2D eigenvalue weighted by Gasteiger charge is 2.02. The van der Waals surface area contributed by atoms with E-state index in [4.69, 9.17) is 9.84 Å². The Hall–Kier alpha value is -0.940. The number of rotatable bonds is 5. The van der Waals surface area contributed by atoms with Crippen molar-refractivity contribution in [3.05, 3.63) is 12.2 Å². The minimum Gasteiger partial charge on any atom is -0.388 e. The lowest BCUT2D eigenvalue weighted by atomic mass is 10.5. The van der Waals surface area contributed by atoms with Crippen molar-refractivity contribution in [1.82, 2.24) is 14.8 Å². The maximum absolute atomic E-state index is 8.85. The van der Waals surface area contributed by atoms with Crippen molar-refractivity contribution in [2.45, 2.75) is 33.1 Å². The zero-order valence-corrected chi connectivity index (χ0v) is 7.97. The summed E-state index contributed by atoms with van der Waals surface area (Å²) in [7, 11) is 0. The van der Waals surface area contributed by atoms with Crippen LogP contribution in [0, 0.1) is 0 Å². The molecular weight excluding hydrogens is 170 g/mol. The molecule has 0 aliphatic carbocycles. The first kappa shape index (κ1) is 10.1. The van der Waals surface area contributed by atoms with E-state index in [9.17, 15) is 0 Å². The van der Waals surface area contributed by atoms with E-state index in [1.807, 2.05) is 13.8 Å². The van der Waals surface area contributed by atoms with E-state index in [0.717, 1.165) is 0 Å². The van der Waals surface area contributed by atoms with Crippen molar-refractivity contribution in [2.75, 3.05) is 6.61 Å². The van der Waals surface area contributed by atoms with Crippen LogP contribution in [0.1, 0.15) is 19.7 Å². The van der Waals surface area contributed by atoms with Gasteiger partial charge in [0.15, 0.2) is 5.82 Å². The second-order valence-corrected chi connectivity index (χ2v) is 2.98. The molecule has 5 heteroatoms. The van der Waals surface area contributed by atoms with Gasteiger partial charge in [-0.2, -0.15) is 5.10 Å². The Morgan fingerprint density at radius 3 is 3.00 bits per heavy atom. The van der Waals surface area contributed by atoms with Crippen molar-refractivity contribution in [3.8, 4) is 0 Å². The molecule has 0 saturated heterocycles. The Bertz CT molecular complexity index is 247. The molecule has 0 bridgehead atoms. The highest BCUT2D eigenvalue weighted by molar-refractivity contribution is 4.80. The first-order chi connectivity index (χ1) is 6.24. The Morgan fingerprint density at radius 1 is 1.62 bits per heavy atom. The minimum absolute atomic E-state index is 0.0817. The summed E-state index contributed by atoms with van der Waals surface area (Å²) in [4.78, 5) is 3.88. The van der Waals surface area contributed by atoms with Crippen LogP contribution in [0.3, 0.4) is 0 Å². The maximum atomic E-state index is 8.85. The van der Waals surface area contributed by atoms with E-state index < -0.39 is 0 Å². The van der Waals surface area contributed by atoms with E-state index in [-0.39, 0.29) is 12.7 Å². The quantitative estimate of drug-likeness (QED) is 0.711. The van der Waals surface area contributed by atoms with Crippen LogP contribution >= 0.6 is 0 Å². The third-order valence-corrected chi connectivity index (χ3v) is 1.59. The maximum Gasteiger partial charge on any atom is 0.152 e. The first-order valence-electron chi connectivity index (χ1n) is 4.33. The SMILES string of the molecule is CC(C)OCCn1ncnc1CO. The van der Waals surface area contributed by atoms with E-state index >= 15 is 0 Å². The molecule has 13 heavy (non-hydrogen) atoms. The molecule has 74 valence electrons. The normalized spacial score (nSPS) is 11.1. The van der Waals surface area contributed by atoms with Crippen LogP contribution in [0.2, 0.25) is 0 Å². The van der Waals surface area contributed by atoms with Gasteiger partial charge in [0.1, 0.15) is 12.9 Å². The molecule has 0 unspecified atom stereocenters. The zero-order chi connectivity index (χ0) is 9.68. The molecule has 1 aromatic rings. The van der Waals surface area contributed by atoms with Crippen LogP contribution in [-0.4, -0.2) is 32.6 Å². The van der Waals surface area contributed by atoms with Crippen molar-refractivity contribution in [1.29, 1.82) is 0 Å². The lowest BCUT2D eigenvalue weighted by molar-refractivity contribution is 0.0697. The second-order valence-electron chi connectivity index (χ2n) is 2.98. The Kier molecular flexibility index (Phi) is 3.85. The number of ether oxygens (including phenoxy) is 1. The van der Waals surface area contributed by atoms with Gasteiger partial charge in [0, 0.05) is 0 Å². The molecule has 0 aromatic carbocycles. The summed E-state index contributed by atoms with van der Waals surface area (Å²) in [6, 6.07) is 0. The van der Waals surface area contributed by atoms with Crippen molar-refractivity contribution >= 4 is 0 Å². The Morgan fingerprint density at radius 2 is 2.38 bits per heavy atom. The fourth-order valence-corrected chi connectivity index (χ4v) is 0.972. The van der Waals surface area contributed by atoms with Gasteiger partial charge < -0.3 is 9.84 Å². The van der Waals surface area contributed by atoms with E-state index in [1.54, 1.807) is 4.68 Å². The Balaban J connectivity index is 2.36. The number of aliphatic hydroxyl groups is 1. The van der Waals surface area contributed by atoms with Crippen molar-refractivity contribution in [2.24, 2.45) is 0 Å². The molecule has 1 rings (SSSR count). The fourth-order valence-electron chi connectivity index (χ4n) is 0.972. The monoisotopic (exact) mass is 185 g/mol. The molecule has 0 aliphatic heterocycles. The lowest BCUT2D eigenvalue weighted by Crippen LogP contribution is -2.13. The van der Waals surface area contributed by atoms with Crippen LogP contribution in [0.25, 0.3) is 0 Å². The van der Waals surface area contributed by atoms with Crippen LogP contribution in [0.4, 0.5) is 0 Å². The van der Waals surface area contributed by atoms with Gasteiger partial charge in [0.2, 0.25) is 0 Å². The lowest BCUT2D eigenvalue weighted by Gasteiger charge is -2.07. The predicted octanol–water partition coefficient (Wildman–Crippen LogP) is 0.195. The summed E-state index contributed by atoms with van der Waals surface area (Å²) in [5, 5.41) is 12.8. The van der Waals surface area contributed by atoms with Gasteiger partial charge in [-0.25, -0.2) is 9.67 Å². The minimum atomic E-state index is -0.0817. The van der Waals surface area contributed by atoms with Gasteiger partial charge in [-0.1, -0.05) is 0 Å². The third-order valence-electron chi connectivity index (χ3n) is 1.59. The number of aliphatic hydroxyl groups excluding tert-OH is 1. The summed E-state index contributed by atoms with van der Waals surface area (Å²) >= 11 is 0. The van der Waals surface area contributed by atoms with Gasteiger partial charge in [-0.05, 0) is 13.8 Å². The van der Waals surface area contributed by atoms with E-state index in [2.05, 4.69) is 10.1 Å². The van der Waals surface area contributed by atoms with Gasteiger partial charge >= 0.3 is 0 Å². The third kappa shape index (κ3) is 3.12. The van der Waals surface area contributed by atoms with Crippen molar-refractivity contribution in [3.63, 3.8) is 0 Å². The largest absolute Gasteiger partial charge is 0.388 e. The molecular formula is C8H15N3O2. The molecule has 0 amide bonds. The van der Waals surface area contributed by atoms with Gasteiger partial charge in [0.05, 0.1) is 19.3 Å². The molecule has 1 N–H and O–H groups in total. The molecule has 1 heterocycles. The highest BCUT2D eigenvalue weighted by atomic mass is 16.5. The average molecular weight is 185 g/mol. The molecule has 0 fully saturated rings. The van der Waals surface area contributed by atoms with Crippen LogP contribution in [0.15, 0.2) is 6.33 Å². The topological polar surface area (TPSA) is 60.2 Å². The molecule has 0 aliphatic rings. The summed E-state index contributed by atoms with van der Waals surface area (Å²) < 4.78 is 6.99. The first-order valence-corrected chi connectivity index (χ1v) is 4.33. The predicted molar refractivity (Wildman–Crippen MR) is 47.0 cm³/mol. The fraction of sp³-hybridized carbons (Fsp3) is 0.750. The Labute approximate surface area is 77.4 Å². The molecule has 0 radical (unpaired) electrons. The van der Waals surface area contributed by atoms with Gasteiger partial charge in [0.25, 0.3) is 0 Å². The molecule has 1 aromatic heterocycles. The van der Waals surface area contributed by atoms with Gasteiger partial charge in [-0.3, -0.25) is 0 Å². The van der Waals surface area contributed by atoms with Gasteiger partial charge in [-0.15, -0.1) is 0 Å². The average Bonchev–Trinajstić information content (AvgIpc) is 2.51. The molecule has 5 nitrogen and oxygen atoms in total. The van der Waals surface area contributed by atoms with Crippen LogP contribution < -0.4 is 0 Å². The number of hydrogen-bond acceptors (Lipinski definition) is 4. The molecule has 0 atom stereocenters. The van der Waals surface area contributed by atoms with Crippen molar-refractivity contribution < 1.29 is 9.84 Å². The smallest absolute Gasteiger partial charge is 0.152 e. The number of aromatic nitrogens is 3. The standard InChI is InChI=1S/C8H15N3O2/c1-7(2)13-4-3-11-8(5-12)9-6-10-11/h6-7,12H,3-5H2,1-2H3. The number of hydrogen-bond donors (Lipinski definition) is 1. The second kappa shape index (κ2) is 4.94. The molecule has 0 spiro atoms. The summed E-state index contributed by atoms with van der Waals surface area (Å²) in [6.07, 6.45) is 1.65. The van der Waals surface area contributed by atoms with E-state index in [1.165, 1.54) is 6.33 Å². The zero-order valence-electron chi connectivity index (χ0n) is 7.97. The van der Waals surface area contributed by atoms with Crippen LogP contribution in [0.5, 0.6) is 0 Å². The molecule has 0 saturated carbocycles.